The molecular weight excluding hydrogens is 416 g/mol. The number of anilines is 2. The average molecular weight is 433 g/mol. The summed E-state index contributed by atoms with van der Waals surface area (Å²) >= 11 is 11.2. The van der Waals surface area contributed by atoms with Gasteiger partial charge in [-0.1, -0.05) is 72.3 Å². The minimum atomic E-state index is 0.106. The zero-order chi connectivity index (χ0) is 20.9. The van der Waals surface area contributed by atoms with E-state index in [4.69, 9.17) is 34.5 Å². The summed E-state index contributed by atoms with van der Waals surface area (Å²) < 4.78 is 0. The highest BCUT2D eigenvalue weighted by Crippen LogP contribution is 2.29. The predicted octanol–water partition coefficient (Wildman–Crippen LogP) is 4.94. The van der Waals surface area contributed by atoms with Crippen LogP contribution in [0.25, 0.3) is 22.5 Å². The Morgan fingerprint density at radius 1 is 0.800 bits per heavy atom. The molecule has 0 aliphatic heterocycles. The lowest BCUT2D eigenvalue weighted by Crippen LogP contribution is -2.40. The topological polar surface area (TPSA) is 80.0 Å². The molecule has 0 radical (unpaired) electrons. The van der Waals surface area contributed by atoms with E-state index in [1.54, 1.807) is 24.3 Å². The van der Waals surface area contributed by atoms with E-state index in [-0.39, 0.29) is 11.1 Å². The monoisotopic (exact) mass is 432 g/mol. The third-order valence-electron chi connectivity index (χ3n) is 4.30. The SMILES string of the molecule is NC(=S)N(Nc1nnc(-c2ccccc2)c(-c2ccccc2)n1)c1ccc(Cl)cc1. The van der Waals surface area contributed by atoms with Crippen molar-refractivity contribution in [1.82, 2.24) is 15.2 Å². The van der Waals surface area contributed by atoms with Crippen LogP contribution in [0.1, 0.15) is 0 Å². The Balaban J connectivity index is 1.75. The smallest absolute Gasteiger partial charge is 0.262 e. The molecule has 0 saturated carbocycles. The number of aromatic nitrogens is 3. The van der Waals surface area contributed by atoms with Crippen LogP contribution in [0.5, 0.6) is 0 Å². The minimum Gasteiger partial charge on any atom is -0.374 e. The van der Waals surface area contributed by atoms with Gasteiger partial charge in [0.2, 0.25) is 0 Å². The number of thiocarbonyl (C=S) groups is 1. The van der Waals surface area contributed by atoms with E-state index >= 15 is 0 Å². The first-order chi connectivity index (χ1) is 14.6. The molecule has 3 N–H and O–H groups in total. The zero-order valence-electron chi connectivity index (χ0n) is 15.7. The molecule has 1 heterocycles. The van der Waals surface area contributed by atoms with Crippen molar-refractivity contribution in [3.8, 4) is 22.5 Å². The molecule has 3 aromatic carbocycles. The summed E-state index contributed by atoms with van der Waals surface area (Å²) in [6.45, 7) is 0. The Bertz CT molecular complexity index is 1150. The molecule has 0 aliphatic carbocycles. The fraction of sp³-hybridized carbons (Fsp3) is 0. The number of rotatable bonds is 5. The summed E-state index contributed by atoms with van der Waals surface area (Å²) in [4.78, 5) is 4.72. The maximum Gasteiger partial charge on any atom is 0.262 e. The quantitative estimate of drug-likeness (QED) is 0.341. The lowest BCUT2D eigenvalue weighted by molar-refractivity contribution is 0.965. The first-order valence-electron chi connectivity index (χ1n) is 9.09. The van der Waals surface area contributed by atoms with Crippen LogP contribution in [0, 0.1) is 0 Å². The average Bonchev–Trinajstić information content (AvgIpc) is 2.79. The third kappa shape index (κ3) is 4.37. The van der Waals surface area contributed by atoms with Crippen molar-refractivity contribution in [3.05, 3.63) is 90.0 Å². The Kier molecular flexibility index (Phi) is 5.83. The van der Waals surface area contributed by atoms with E-state index in [1.165, 1.54) is 5.01 Å². The molecule has 148 valence electrons. The van der Waals surface area contributed by atoms with Crippen LogP contribution in [-0.4, -0.2) is 20.3 Å². The largest absolute Gasteiger partial charge is 0.374 e. The van der Waals surface area contributed by atoms with Crippen molar-refractivity contribution >= 4 is 40.6 Å². The predicted molar refractivity (Wildman–Crippen MR) is 125 cm³/mol. The van der Waals surface area contributed by atoms with Crippen LogP contribution in [0.2, 0.25) is 5.02 Å². The summed E-state index contributed by atoms with van der Waals surface area (Å²) in [5.74, 6) is 0.260. The van der Waals surface area contributed by atoms with E-state index in [9.17, 15) is 0 Å². The molecule has 0 unspecified atom stereocenters. The van der Waals surface area contributed by atoms with Gasteiger partial charge in [-0.3, -0.25) is 5.43 Å². The van der Waals surface area contributed by atoms with Crippen molar-refractivity contribution in [2.75, 3.05) is 10.4 Å². The van der Waals surface area contributed by atoms with Gasteiger partial charge < -0.3 is 5.73 Å². The molecule has 0 saturated heterocycles. The fourth-order valence-electron chi connectivity index (χ4n) is 2.90. The van der Waals surface area contributed by atoms with E-state index in [0.717, 1.165) is 11.1 Å². The van der Waals surface area contributed by atoms with Gasteiger partial charge in [-0.2, -0.15) is 0 Å². The van der Waals surface area contributed by atoms with Gasteiger partial charge >= 0.3 is 0 Å². The van der Waals surface area contributed by atoms with Crippen LogP contribution >= 0.6 is 23.8 Å². The molecule has 0 amide bonds. The second-order valence-corrected chi connectivity index (χ2v) is 7.18. The molecule has 0 aliphatic rings. The standard InChI is InChI=1S/C22H17ClN6S/c23-17-11-13-18(14-12-17)29(21(24)30)28-22-25-19(15-7-3-1-4-8-15)20(26-27-22)16-9-5-2-6-10-16/h1-14H,(H2,24,30)(H,25,27,28). The molecular formula is C22H17ClN6S. The maximum atomic E-state index is 5.98. The van der Waals surface area contributed by atoms with Crippen molar-refractivity contribution in [2.45, 2.75) is 0 Å². The van der Waals surface area contributed by atoms with Crippen LogP contribution in [0.3, 0.4) is 0 Å². The van der Waals surface area contributed by atoms with Crippen LogP contribution in [0.4, 0.5) is 11.6 Å². The molecule has 0 atom stereocenters. The molecule has 30 heavy (non-hydrogen) atoms. The van der Waals surface area contributed by atoms with Gasteiger partial charge in [-0.05, 0) is 36.5 Å². The Morgan fingerprint density at radius 2 is 1.37 bits per heavy atom. The highest BCUT2D eigenvalue weighted by molar-refractivity contribution is 7.80. The number of hydrogen-bond acceptors (Lipinski definition) is 5. The van der Waals surface area contributed by atoms with Gasteiger partial charge in [-0.25, -0.2) is 9.99 Å². The second kappa shape index (κ2) is 8.86. The first-order valence-corrected chi connectivity index (χ1v) is 9.88. The number of hydrazine groups is 1. The van der Waals surface area contributed by atoms with E-state index in [1.807, 2.05) is 60.7 Å². The normalized spacial score (nSPS) is 10.4. The van der Waals surface area contributed by atoms with Gasteiger partial charge in [-0.15, -0.1) is 10.2 Å². The number of hydrogen-bond donors (Lipinski definition) is 2. The molecule has 8 heteroatoms. The summed E-state index contributed by atoms with van der Waals surface area (Å²) in [5.41, 5.74) is 12.9. The van der Waals surface area contributed by atoms with Gasteiger partial charge in [0, 0.05) is 16.1 Å². The molecule has 0 bridgehead atoms. The van der Waals surface area contributed by atoms with E-state index in [2.05, 4.69) is 15.6 Å². The summed E-state index contributed by atoms with van der Waals surface area (Å²) in [6.07, 6.45) is 0. The summed E-state index contributed by atoms with van der Waals surface area (Å²) in [6, 6.07) is 26.7. The molecule has 0 fully saturated rings. The second-order valence-electron chi connectivity index (χ2n) is 6.33. The van der Waals surface area contributed by atoms with Crippen molar-refractivity contribution in [3.63, 3.8) is 0 Å². The van der Waals surface area contributed by atoms with Gasteiger partial charge in [0.1, 0.15) is 11.4 Å². The zero-order valence-corrected chi connectivity index (χ0v) is 17.3. The highest BCUT2D eigenvalue weighted by Gasteiger charge is 2.16. The number of nitrogens with two attached hydrogens (primary N) is 1. The molecule has 4 aromatic rings. The highest BCUT2D eigenvalue weighted by atomic mass is 35.5. The van der Waals surface area contributed by atoms with Crippen LogP contribution in [-0.2, 0) is 0 Å². The van der Waals surface area contributed by atoms with Crippen LogP contribution in [0.15, 0.2) is 84.9 Å². The Hall–Kier alpha value is -3.55. The molecule has 0 spiro atoms. The Labute approximate surface area is 184 Å². The van der Waals surface area contributed by atoms with E-state index < -0.39 is 0 Å². The minimum absolute atomic E-state index is 0.106. The lowest BCUT2D eigenvalue weighted by atomic mass is 10.0. The summed E-state index contributed by atoms with van der Waals surface area (Å²) in [7, 11) is 0. The number of nitrogens with zero attached hydrogens (tertiary/aromatic N) is 4. The van der Waals surface area contributed by atoms with E-state index in [0.29, 0.717) is 22.1 Å². The Morgan fingerprint density at radius 3 is 1.93 bits per heavy atom. The van der Waals surface area contributed by atoms with Gasteiger partial charge in [0.05, 0.1) is 5.69 Å². The lowest BCUT2D eigenvalue weighted by Gasteiger charge is -2.23. The van der Waals surface area contributed by atoms with Crippen LogP contribution < -0.4 is 16.2 Å². The number of halogens is 1. The first kappa shape index (κ1) is 19.8. The van der Waals surface area contributed by atoms with Gasteiger partial charge in [0.25, 0.3) is 5.95 Å². The summed E-state index contributed by atoms with van der Waals surface area (Å²) in [5, 5.41) is 10.9. The van der Waals surface area contributed by atoms with Crippen molar-refractivity contribution in [1.29, 1.82) is 0 Å². The van der Waals surface area contributed by atoms with Gasteiger partial charge in [0.15, 0.2) is 5.11 Å². The third-order valence-corrected chi connectivity index (χ3v) is 4.73. The molecule has 4 rings (SSSR count). The van der Waals surface area contributed by atoms with Crippen molar-refractivity contribution < 1.29 is 0 Å². The number of benzene rings is 3. The molecule has 6 nitrogen and oxygen atoms in total. The molecule has 1 aromatic heterocycles. The number of nitrogens with one attached hydrogen (secondary N) is 1. The maximum absolute atomic E-state index is 5.98. The van der Waals surface area contributed by atoms with Crippen molar-refractivity contribution in [2.24, 2.45) is 5.73 Å². The fourth-order valence-corrected chi connectivity index (χ4v) is 3.18.